The average Bonchev–Trinajstić information content (AvgIpc) is 2.95. The summed E-state index contributed by atoms with van der Waals surface area (Å²) in [6.45, 7) is 0. The van der Waals surface area contributed by atoms with Crippen molar-refractivity contribution in [3.8, 4) is 0 Å². The minimum atomic E-state index is -4.38. The lowest BCUT2D eigenvalue weighted by molar-refractivity contribution is -0.137. The Morgan fingerprint density at radius 2 is 1.71 bits per heavy atom. The van der Waals surface area contributed by atoms with Crippen LogP contribution >= 0.6 is 0 Å². The maximum Gasteiger partial charge on any atom is 0.416 e. The molecule has 1 aromatic carbocycles. The summed E-state index contributed by atoms with van der Waals surface area (Å²) in [6.07, 6.45) is -3.92. The molecule has 0 heterocycles. The zero-order chi connectivity index (χ0) is 12.7. The van der Waals surface area contributed by atoms with Gasteiger partial charge in [-0.25, -0.2) is 4.39 Å². The summed E-state index contributed by atoms with van der Waals surface area (Å²) in [4.78, 5) is 0. The van der Waals surface area contributed by atoms with Crippen LogP contribution in [0, 0.1) is 0 Å². The van der Waals surface area contributed by atoms with E-state index >= 15 is 0 Å². The molecule has 0 amide bonds. The standard InChI is InChI=1S/C12H13F4N/c13-10(7-11(17)5-6-11)8-1-3-9(4-2-8)12(14,15)16/h1-4,10H,5-7,17H2. The lowest BCUT2D eigenvalue weighted by atomic mass is 10.0. The van der Waals surface area contributed by atoms with Crippen LogP contribution in [-0.4, -0.2) is 5.54 Å². The summed E-state index contributed by atoms with van der Waals surface area (Å²) in [5, 5.41) is 0. The van der Waals surface area contributed by atoms with Gasteiger partial charge in [0.15, 0.2) is 0 Å². The number of halogens is 4. The first kappa shape index (κ1) is 12.4. The zero-order valence-electron chi connectivity index (χ0n) is 9.10. The van der Waals surface area contributed by atoms with E-state index in [0.29, 0.717) is 0 Å². The molecule has 0 bridgehead atoms. The van der Waals surface area contributed by atoms with Crippen LogP contribution in [0.3, 0.4) is 0 Å². The van der Waals surface area contributed by atoms with Crippen LogP contribution in [0.15, 0.2) is 24.3 Å². The highest BCUT2D eigenvalue weighted by atomic mass is 19.4. The van der Waals surface area contributed by atoms with Crippen molar-refractivity contribution in [2.75, 3.05) is 0 Å². The number of nitrogens with two attached hydrogens (primary N) is 1. The van der Waals surface area contributed by atoms with E-state index in [1.165, 1.54) is 12.1 Å². The summed E-state index contributed by atoms with van der Waals surface area (Å²) in [6, 6.07) is 4.16. The second-order valence-corrected chi connectivity index (χ2v) is 4.65. The predicted octanol–water partition coefficient (Wildman–Crippen LogP) is 3.60. The normalized spacial score (nSPS) is 20.1. The van der Waals surface area contributed by atoms with Crippen LogP contribution in [0.4, 0.5) is 17.6 Å². The molecule has 1 atom stereocenters. The topological polar surface area (TPSA) is 26.0 Å². The van der Waals surface area contributed by atoms with Gasteiger partial charge in [0.25, 0.3) is 0 Å². The maximum atomic E-state index is 13.7. The molecule has 1 fully saturated rings. The molecule has 0 aliphatic heterocycles. The first-order valence-electron chi connectivity index (χ1n) is 5.40. The molecule has 0 spiro atoms. The van der Waals surface area contributed by atoms with Gasteiger partial charge in [-0.15, -0.1) is 0 Å². The largest absolute Gasteiger partial charge is 0.416 e. The highest BCUT2D eigenvalue weighted by Gasteiger charge is 2.40. The van der Waals surface area contributed by atoms with E-state index < -0.39 is 23.5 Å². The highest BCUT2D eigenvalue weighted by molar-refractivity contribution is 5.26. The lowest BCUT2D eigenvalue weighted by Crippen LogP contribution is -2.23. The Balaban J connectivity index is 2.07. The fourth-order valence-electron chi connectivity index (χ4n) is 1.72. The molecule has 1 nitrogen and oxygen atoms in total. The zero-order valence-corrected chi connectivity index (χ0v) is 9.10. The van der Waals surface area contributed by atoms with Crippen LogP contribution in [-0.2, 0) is 6.18 Å². The lowest BCUT2D eigenvalue weighted by Gasteiger charge is -2.14. The van der Waals surface area contributed by atoms with Gasteiger partial charge in [-0.2, -0.15) is 13.2 Å². The molecule has 1 unspecified atom stereocenters. The van der Waals surface area contributed by atoms with Gasteiger partial charge >= 0.3 is 6.18 Å². The minimum Gasteiger partial charge on any atom is -0.325 e. The van der Waals surface area contributed by atoms with Gasteiger partial charge in [0.05, 0.1) is 5.56 Å². The summed E-state index contributed by atoms with van der Waals surface area (Å²) < 4.78 is 50.6. The first-order chi connectivity index (χ1) is 7.80. The number of hydrogen-bond donors (Lipinski definition) is 1. The van der Waals surface area contributed by atoms with Crippen LogP contribution in [0.25, 0.3) is 0 Å². The maximum absolute atomic E-state index is 13.7. The van der Waals surface area contributed by atoms with Crippen molar-refractivity contribution >= 4 is 0 Å². The Morgan fingerprint density at radius 3 is 2.12 bits per heavy atom. The Bertz CT molecular complexity index is 392. The molecule has 1 aliphatic carbocycles. The van der Waals surface area contributed by atoms with Crippen LogP contribution in [0.1, 0.15) is 36.6 Å². The SMILES string of the molecule is NC1(CC(F)c2ccc(C(F)(F)F)cc2)CC1. The third kappa shape index (κ3) is 2.97. The number of alkyl halides is 4. The third-order valence-corrected chi connectivity index (χ3v) is 3.08. The van der Waals surface area contributed by atoms with Gasteiger partial charge in [-0.1, -0.05) is 12.1 Å². The van der Waals surface area contributed by atoms with E-state index in [9.17, 15) is 17.6 Å². The summed E-state index contributed by atoms with van der Waals surface area (Å²) in [7, 11) is 0. The monoisotopic (exact) mass is 247 g/mol. The predicted molar refractivity (Wildman–Crippen MR) is 56.1 cm³/mol. The van der Waals surface area contributed by atoms with E-state index in [0.717, 1.165) is 25.0 Å². The van der Waals surface area contributed by atoms with E-state index in [4.69, 9.17) is 5.73 Å². The minimum absolute atomic E-state index is 0.179. The molecular weight excluding hydrogens is 234 g/mol. The average molecular weight is 247 g/mol. The van der Waals surface area contributed by atoms with Crippen molar-refractivity contribution in [3.05, 3.63) is 35.4 Å². The quantitative estimate of drug-likeness (QED) is 0.811. The molecule has 2 rings (SSSR count). The molecule has 94 valence electrons. The Morgan fingerprint density at radius 1 is 1.18 bits per heavy atom. The molecule has 0 saturated heterocycles. The summed E-state index contributed by atoms with van der Waals surface area (Å²) in [5.74, 6) is 0. The van der Waals surface area contributed by atoms with Crippen molar-refractivity contribution < 1.29 is 17.6 Å². The van der Waals surface area contributed by atoms with E-state index in [1.807, 2.05) is 0 Å². The molecule has 17 heavy (non-hydrogen) atoms. The first-order valence-corrected chi connectivity index (χ1v) is 5.40. The fraction of sp³-hybridized carbons (Fsp3) is 0.500. The fourth-order valence-corrected chi connectivity index (χ4v) is 1.72. The summed E-state index contributed by atoms with van der Waals surface area (Å²) in [5.41, 5.74) is 4.82. The van der Waals surface area contributed by atoms with Crippen LogP contribution < -0.4 is 5.73 Å². The van der Waals surface area contributed by atoms with Crippen molar-refractivity contribution in [1.29, 1.82) is 0 Å². The second kappa shape index (κ2) is 3.98. The molecule has 0 radical (unpaired) electrons. The summed E-state index contributed by atoms with van der Waals surface area (Å²) >= 11 is 0. The molecule has 0 aromatic heterocycles. The molecule has 1 aliphatic rings. The van der Waals surface area contributed by atoms with Crippen molar-refractivity contribution in [2.24, 2.45) is 5.73 Å². The van der Waals surface area contributed by atoms with Gasteiger partial charge < -0.3 is 5.73 Å². The Labute approximate surface area is 96.6 Å². The van der Waals surface area contributed by atoms with Crippen molar-refractivity contribution in [1.82, 2.24) is 0 Å². The Kier molecular flexibility index (Phi) is 2.89. The van der Waals surface area contributed by atoms with Gasteiger partial charge in [0.2, 0.25) is 0 Å². The molecule has 5 heteroatoms. The van der Waals surface area contributed by atoms with Gasteiger partial charge in [0, 0.05) is 12.0 Å². The molecule has 2 N–H and O–H groups in total. The molecule has 1 saturated carbocycles. The van der Waals surface area contributed by atoms with Crippen molar-refractivity contribution in [2.45, 2.75) is 37.1 Å². The van der Waals surface area contributed by atoms with E-state index in [2.05, 4.69) is 0 Å². The van der Waals surface area contributed by atoms with Gasteiger partial charge in [0.1, 0.15) is 6.17 Å². The number of benzene rings is 1. The van der Waals surface area contributed by atoms with Gasteiger partial charge in [-0.3, -0.25) is 0 Å². The van der Waals surface area contributed by atoms with Crippen LogP contribution in [0.2, 0.25) is 0 Å². The van der Waals surface area contributed by atoms with E-state index in [1.54, 1.807) is 0 Å². The Hall–Kier alpha value is -1.10. The van der Waals surface area contributed by atoms with Gasteiger partial charge in [-0.05, 0) is 30.5 Å². The molecule has 1 aromatic rings. The third-order valence-electron chi connectivity index (χ3n) is 3.08. The molecular formula is C12H13F4N. The number of hydrogen-bond acceptors (Lipinski definition) is 1. The van der Waals surface area contributed by atoms with Crippen molar-refractivity contribution in [3.63, 3.8) is 0 Å². The van der Waals surface area contributed by atoms with E-state index in [-0.39, 0.29) is 12.0 Å². The second-order valence-electron chi connectivity index (χ2n) is 4.65. The smallest absolute Gasteiger partial charge is 0.325 e. The van der Waals surface area contributed by atoms with Crippen LogP contribution in [0.5, 0.6) is 0 Å². The highest BCUT2D eigenvalue weighted by Crippen LogP contribution is 2.41. The number of rotatable bonds is 3.